The first-order chi connectivity index (χ1) is 15.1. The molecule has 0 radical (unpaired) electrons. The van der Waals surface area contributed by atoms with Gasteiger partial charge in [-0.05, 0) is 30.3 Å². The second-order valence-electron chi connectivity index (χ2n) is 7.10. The Balaban J connectivity index is 1.42. The van der Waals surface area contributed by atoms with Gasteiger partial charge in [0.15, 0.2) is 5.01 Å². The van der Waals surface area contributed by atoms with Gasteiger partial charge in [0, 0.05) is 48.1 Å². The fourth-order valence-corrected chi connectivity index (χ4v) is 4.48. The molecule has 0 saturated heterocycles. The van der Waals surface area contributed by atoms with E-state index in [9.17, 15) is 9.59 Å². The molecular weight excluding hydrogens is 414 g/mol. The molecule has 0 fully saturated rings. The third-order valence-electron chi connectivity index (χ3n) is 5.13. The molecule has 0 spiro atoms. The Morgan fingerprint density at radius 2 is 1.71 bits per heavy atom. The number of benzene rings is 2. The molecule has 2 amide bonds. The zero-order chi connectivity index (χ0) is 21.8. The summed E-state index contributed by atoms with van der Waals surface area (Å²) in [7, 11) is 3.17. The number of anilines is 1. The number of thiazole rings is 1. The summed E-state index contributed by atoms with van der Waals surface area (Å²) in [4.78, 5) is 33.0. The number of aromatic nitrogens is 1. The maximum absolute atomic E-state index is 12.9. The number of hydrogen-bond acceptors (Lipinski definition) is 6. The molecule has 1 aromatic heterocycles. The fraction of sp³-hybridized carbons (Fsp3) is 0.261. The lowest BCUT2D eigenvalue weighted by Gasteiger charge is -2.20. The number of hydrogen-bond donors (Lipinski definition) is 1. The summed E-state index contributed by atoms with van der Waals surface area (Å²) >= 11 is 1.39. The van der Waals surface area contributed by atoms with E-state index in [0.29, 0.717) is 53.7 Å². The Morgan fingerprint density at radius 1 is 1.00 bits per heavy atom. The van der Waals surface area contributed by atoms with Crippen molar-refractivity contribution in [1.29, 1.82) is 0 Å². The molecule has 31 heavy (non-hydrogen) atoms. The van der Waals surface area contributed by atoms with Gasteiger partial charge in [0.05, 0.1) is 19.9 Å². The predicted molar refractivity (Wildman–Crippen MR) is 119 cm³/mol. The van der Waals surface area contributed by atoms with Crippen LogP contribution in [-0.4, -0.2) is 49.0 Å². The van der Waals surface area contributed by atoms with E-state index in [-0.39, 0.29) is 11.8 Å². The topological polar surface area (TPSA) is 80.8 Å². The summed E-state index contributed by atoms with van der Waals surface area (Å²) in [5, 5.41) is 3.30. The Labute approximate surface area is 184 Å². The monoisotopic (exact) mass is 437 g/mol. The average Bonchev–Trinajstić information content (AvgIpc) is 3.12. The van der Waals surface area contributed by atoms with Crippen molar-refractivity contribution in [3.63, 3.8) is 0 Å². The van der Waals surface area contributed by atoms with Gasteiger partial charge in [0.25, 0.3) is 11.8 Å². The molecule has 4 rings (SSSR count). The zero-order valence-corrected chi connectivity index (χ0v) is 18.2. The van der Waals surface area contributed by atoms with Gasteiger partial charge in [-0.25, -0.2) is 4.98 Å². The van der Waals surface area contributed by atoms with E-state index in [2.05, 4.69) is 10.3 Å². The number of nitrogens with one attached hydrogen (secondary N) is 1. The standard InChI is InChI=1S/C23H23N3O4S/c1-29-17-7-3-5-15(13-17)23(28)26-11-9-19-20(10-12-26)31-22(25-19)21(27)24-16-6-4-8-18(14-16)30-2/h3-8,13-14H,9-12H2,1-2H3,(H,24,27). The van der Waals surface area contributed by atoms with Crippen LogP contribution in [-0.2, 0) is 12.8 Å². The molecule has 160 valence electrons. The second kappa shape index (κ2) is 9.18. The normalized spacial score (nSPS) is 13.2. The molecule has 0 atom stereocenters. The highest BCUT2D eigenvalue weighted by Gasteiger charge is 2.24. The van der Waals surface area contributed by atoms with Crippen LogP contribution in [0.5, 0.6) is 11.5 Å². The first kappa shape index (κ1) is 20.9. The molecule has 0 bridgehead atoms. The van der Waals surface area contributed by atoms with Gasteiger partial charge in [-0.1, -0.05) is 12.1 Å². The molecule has 1 aliphatic rings. The summed E-state index contributed by atoms with van der Waals surface area (Å²) < 4.78 is 10.4. The highest BCUT2D eigenvalue weighted by atomic mass is 32.1. The van der Waals surface area contributed by atoms with Gasteiger partial charge < -0.3 is 19.7 Å². The maximum atomic E-state index is 12.9. The third kappa shape index (κ3) is 4.69. The van der Waals surface area contributed by atoms with E-state index in [1.54, 1.807) is 38.5 Å². The second-order valence-corrected chi connectivity index (χ2v) is 8.18. The maximum Gasteiger partial charge on any atom is 0.284 e. The van der Waals surface area contributed by atoms with Crippen LogP contribution < -0.4 is 14.8 Å². The van der Waals surface area contributed by atoms with Gasteiger partial charge in [-0.3, -0.25) is 9.59 Å². The van der Waals surface area contributed by atoms with Gasteiger partial charge in [0.1, 0.15) is 11.5 Å². The van der Waals surface area contributed by atoms with Gasteiger partial charge >= 0.3 is 0 Å². The van der Waals surface area contributed by atoms with Crippen molar-refractivity contribution in [2.24, 2.45) is 0 Å². The summed E-state index contributed by atoms with van der Waals surface area (Å²) in [5.74, 6) is 1.07. The lowest BCUT2D eigenvalue weighted by Crippen LogP contribution is -2.33. The summed E-state index contributed by atoms with van der Waals surface area (Å²) in [6, 6.07) is 14.4. The number of ether oxygens (including phenoxy) is 2. The first-order valence-electron chi connectivity index (χ1n) is 9.94. The fourth-order valence-electron chi connectivity index (χ4n) is 3.49. The number of rotatable bonds is 5. The molecule has 8 heteroatoms. The lowest BCUT2D eigenvalue weighted by molar-refractivity contribution is 0.0762. The van der Waals surface area contributed by atoms with Crippen molar-refractivity contribution in [1.82, 2.24) is 9.88 Å². The van der Waals surface area contributed by atoms with Crippen molar-refractivity contribution >= 4 is 28.8 Å². The Bertz CT molecular complexity index is 1090. The average molecular weight is 438 g/mol. The highest BCUT2D eigenvalue weighted by Crippen LogP contribution is 2.25. The summed E-state index contributed by atoms with van der Waals surface area (Å²) in [6.07, 6.45) is 1.29. The van der Waals surface area contributed by atoms with Crippen molar-refractivity contribution in [3.8, 4) is 11.5 Å². The Hall–Kier alpha value is -3.39. The molecule has 2 aromatic carbocycles. The quantitative estimate of drug-likeness (QED) is 0.659. The van der Waals surface area contributed by atoms with E-state index >= 15 is 0 Å². The molecule has 7 nitrogen and oxygen atoms in total. The molecule has 1 N–H and O–H groups in total. The largest absolute Gasteiger partial charge is 0.497 e. The van der Waals surface area contributed by atoms with Crippen molar-refractivity contribution in [2.45, 2.75) is 12.8 Å². The zero-order valence-electron chi connectivity index (χ0n) is 17.4. The van der Waals surface area contributed by atoms with Crippen molar-refractivity contribution in [2.75, 3.05) is 32.6 Å². The SMILES string of the molecule is COc1cccc(NC(=O)c2nc3c(s2)CCN(C(=O)c2cccc(OC)c2)CC3)c1. The number of fused-ring (bicyclic) bond motifs is 1. The molecule has 3 aromatic rings. The minimum Gasteiger partial charge on any atom is -0.497 e. The Morgan fingerprint density at radius 3 is 2.48 bits per heavy atom. The highest BCUT2D eigenvalue weighted by molar-refractivity contribution is 7.13. The molecular formula is C23H23N3O4S. The molecule has 0 aliphatic carbocycles. The van der Waals surface area contributed by atoms with Crippen LogP contribution >= 0.6 is 11.3 Å². The number of carbonyl (C=O) groups is 2. The first-order valence-corrected chi connectivity index (χ1v) is 10.8. The van der Waals surface area contributed by atoms with Crippen LogP contribution in [0.1, 0.15) is 30.7 Å². The molecule has 2 heterocycles. The summed E-state index contributed by atoms with van der Waals surface area (Å²) in [5.41, 5.74) is 2.16. The number of methoxy groups -OCH3 is 2. The van der Waals surface area contributed by atoms with Crippen LogP contribution in [0.15, 0.2) is 48.5 Å². The minimum atomic E-state index is -0.240. The van der Waals surface area contributed by atoms with Crippen LogP contribution in [0.4, 0.5) is 5.69 Å². The minimum absolute atomic E-state index is 0.0231. The summed E-state index contributed by atoms with van der Waals surface area (Å²) in [6.45, 7) is 1.14. The van der Waals surface area contributed by atoms with Crippen LogP contribution in [0.3, 0.4) is 0 Å². The van der Waals surface area contributed by atoms with Gasteiger partial charge in [-0.2, -0.15) is 0 Å². The van der Waals surface area contributed by atoms with Crippen LogP contribution in [0.2, 0.25) is 0 Å². The predicted octanol–water partition coefficient (Wildman–Crippen LogP) is 3.65. The van der Waals surface area contributed by atoms with Crippen LogP contribution in [0.25, 0.3) is 0 Å². The van der Waals surface area contributed by atoms with E-state index < -0.39 is 0 Å². The molecule has 0 unspecified atom stereocenters. The molecule has 0 saturated carbocycles. The third-order valence-corrected chi connectivity index (χ3v) is 6.29. The smallest absolute Gasteiger partial charge is 0.284 e. The van der Waals surface area contributed by atoms with Gasteiger partial charge in [0.2, 0.25) is 0 Å². The number of amides is 2. The van der Waals surface area contributed by atoms with Crippen molar-refractivity contribution in [3.05, 3.63) is 69.7 Å². The van der Waals surface area contributed by atoms with E-state index in [4.69, 9.17) is 9.47 Å². The lowest BCUT2D eigenvalue weighted by atomic mass is 10.2. The number of carbonyl (C=O) groups excluding carboxylic acids is 2. The number of nitrogens with zero attached hydrogens (tertiary/aromatic N) is 2. The van der Waals surface area contributed by atoms with Gasteiger partial charge in [-0.15, -0.1) is 11.3 Å². The van der Waals surface area contributed by atoms with E-state index in [0.717, 1.165) is 10.6 Å². The van der Waals surface area contributed by atoms with E-state index in [1.165, 1.54) is 11.3 Å². The van der Waals surface area contributed by atoms with Crippen molar-refractivity contribution < 1.29 is 19.1 Å². The Kier molecular flexibility index (Phi) is 6.18. The van der Waals surface area contributed by atoms with Crippen LogP contribution in [0, 0.1) is 0 Å². The molecule has 1 aliphatic heterocycles. The van der Waals surface area contributed by atoms with E-state index in [1.807, 2.05) is 29.2 Å².